The molecule has 7 nitrogen and oxygen atoms in total. The smallest absolute Gasteiger partial charge is 0.320 e. The molecule has 2 aliphatic heterocycles. The van der Waals surface area contributed by atoms with Crippen LogP contribution in [0.2, 0.25) is 0 Å². The molecule has 0 aliphatic carbocycles. The molecule has 146 valence electrons. The molecule has 2 heterocycles. The van der Waals surface area contributed by atoms with Gasteiger partial charge in [0.05, 0.1) is 0 Å². The van der Waals surface area contributed by atoms with Gasteiger partial charge in [0.2, 0.25) is 12.7 Å². The van der Waals surface area contributed by atoms with Gasteiger partial charge in [-0.2, -0.15) is 0 Å². The number of nitrogens with one attached hydrogen (secondary N) is 1. The fourth-order valence-electron chi connectivity index (χ4n) is 3.44. The number of rotatable bonds is 6. The lowest BCUT2D eigenvalue weighted by Gasteiger charge is -2.18. The molecule has 0 radical (unpaired) electrons. The minimum Gasteiger partial charge on any atom is -0.454 e. The molecule has 7 heteroatoms. The summed E-state index contributed by atoms with van der Waals surface area (Å²) in [7, 11) is 0. The average Bonchev–Trinajstić information content (AvgIpc) is 3.28. The number of hydrogen-bond acceptors (Lipinski definition) is 4. The fourth-order valence-corrected chi connectivity index (χ4v) is 3.44. The van der Waals surface area contributed by atoms with Crippen molar-refractivity contribution in [3.8, 4) is 11.5 Å². The summed E-state index contributed by atoms with van der Waals surface area (Å²) in [6, 6.07) is 13.6. The molecule has 0 unspecified atom stereocenters. The number of benzene rings is 2. The molecule has 0 atom stereocenters. The highest BCUT2D eigenvalue weighted by molar-refractivity contribution is 5.85. The van der Waals surface area contributed by atoms with E-state index in [1.54, 1.807) is 9.80 Å². The van der Waals surface area contributed by atoms with Gasteiger partial charge in [-0.25, -0.2) is 4.79 Å². The van der Waals surface area contributed by atoms with E-state index >= 15 is 0 Å². The Morgan fingerprint density at radius 1 is 1.04 bits per heavy atom. The molecule has 2 aliphatic rings. The molecule has 2 aromatic carbocycles. The third-order valence-electron chi connectivity index (χ3n) is 4.90. The van der Waals surface area contributed by atoms with Crippen molar-refractivity contribution in [2.75, 3.05) is 26.4 Å². The zero-order valence-electron chi connectivity index (χ0n) is 15.8. The molecule has 0 aromatic heterocycles. The van der Waals surface area contributed by atoms with E-state index < -0.39 is 0 Å². The zero-order valence-corrected chi connectivity index (χ0v) is 15.8. The van der Waals surface area contributed by atoms with E-state index in [4.69, 9.17) is 9.47 Å². The lowest BCUT2D eigenvalue weighted by Crippen LogP contribution is -2.39. The third kappa shape index (κ3) is 4.03. The first-order valence-electron chi connectivity index (χ1n) is 9.33. The van der Waals surface area contributed by atoms with E-state index in [1.165, 1.54) is 5.56 Å². The number of carbonyl (C=O) groups is 2. The summed E-state index contributed by atoms with van der Waals surface area (Å²) < 4.78 is 10.6. The van der Waals surface area contributed by atoms with Gasteiger partial charge in [0.1, 0.15) is 6.54 Å². The number of amides is 3. The van der Waals surface area contributed by atoms with Gasteiger partial charge in [0.25, 0.3) is 0 Å². The van der Waals surface area contributed by atoms with Crippen LogP contribution in [0.5, 0.6) is 11.5 Å². The Morgan fingerprint density at radius 3 is 2.71 bits per heavy atom. The van der Waals surface area contributed by atoms with Gasteiger partial charge >= 0.3 is 6.03 Å². The van der Waals surface area contributed by atoms with Gasteiger partial charge in [-0.3, -0.25) is 4.79 Å². The fraction of sp³-hybridized carbons (Fsp3) is 0.333. The molecule has 1 N–H and O–H groups in total. The van der Waals surface area contributed by atoms with Gasteiger partial charge in [0.15, 0.2) is 11.5 Å². The Kier molecular flexibility index (Phi) is 5.06. The summed E-state index contributed by atoms with van der Waals surface area (Å²) in [6.45, 7) is 4.45. The van der Waals surface area contributed by atoms with Crippen LogP contribution in [0.1, 0.15) is 16.7 Å². The van der Waals surface area contributed by atoms with Crippen LogP contribution in [-0.2, 0) is 17.9 Å². The van der Waals surface area contributed by atoms with Crippen molar-refractivity contribution in [1.82, 2.24) is 15.1 Å². The predicted molar refractivity (Wildman–Crippen MR) is 103 cm³/mol. The van der Waals surface area contributed by atoms with Crippen molar-refractivity contribution in [1.29, 1.82) is 0 Å². The van der Waals surface area contributed by atoms with Crippen molar-refractivity contribution >= 4 is 11.9 Å². The van der Waals surface area contributed by atoms with Crippen LogP contribution in [-0.4, -0.2) is 48.2 Å². The maximum atomic E-state index is 12.6. The average molecular weight is 381 g/mol. The second-order valence-corrected chi connectivity index (χ2v) is 7.08. The minimum absolute atomic E-state index is 0.0632. The molecular weight excluding hydrogens is 358 g/mol. The van der Waals surface area contributed by atoms with Crippen LogP contribution in [0, 0.1) is 6.92 Å². The molecule has 28 heavy (non-hydrogen) atoms. The Hall–Kier alpha value is -3.22. The van der Waals surface area contributed by atoms with Crippen LogP contribution in [0.4, 0.5) is 4.79 Å². The summed E-state index contributed by atoms with van der Waals surface area (Å²) in [4.78, 5) is 28.2. The second-order valence-electron chi connectivity index (χ2n) is 7.08. The summed E-state index contributed by atoms with van der Waals surface area (Å²) in [5.74, 6) is 1.23. The third-order valence-corrected chi connectivity index (χ3v) is 4.90. The van der Waals surface area contributed by atoms with E-state index in [1.807, 2.05) is 43.3 Å². The number of nitrogens with zero attached hydrogens (tertiary/aromatic N) is 2. The van der Waals surface area contributed by atoms with Gasteiger partial charge in [0, 0.05) is 26.2 Å². The number of urea groups is 1. The topological polar surface area (TPSA) is 71.1 Å². The number of carbonyl (C=O) groups excluding carboxylic acids is 2. The van der Waals surface area contributed by atoms with E-state index in [2.05, 4.69) is 11.4 Å². The van der Waals surface area contributed by atoms with Crippen LogP contribution >= 0.6 is 0 Å². The second kappa shape index (κ2) is 7.80. The van der Waals surface area contributed by atoms with Gasteiger partial charge < -0.3 is 24.6 Å². The maximum Gasteiger partial charge on any atom is 0.320 e. The highest BCUT2D eigenvalue weighted by Crippen LogP contribution is 2.32. The highest BCUT2D eigenvalue weighted by atomic mass is 16.7. The van der Waals surface area contributed by atoms with E-state index in [-0.39, 0.29) is 25.3 Å². The van der Waals surface area contributed by atoms with Crippen molar-refractivity contribution in [2.24, 2.45) is 0 Å². The van der Waals surface area contributed by atoms with Crippen LogP contribution < -0.4 is 14.8 Å². The Bertz CT molecular complexity index is 899. The molecular formula is C21H23N3O4. The maximum absolute atomic E-state index is 12.6. The number of fused-ring (bicyclic) bond motifs is 1. The minimum atomic E-state index is -0.177. The normalized spacial score (nSPS) is 15.2. The molecule has 0 saturated carbocycles. The monoisotopic (exact) mass is 381 g/mol. The Labute approximate surface area is 163 Å². The summed E-state index contributed by atoms with van der Waals surface area (Å²) >= 11 is 0. The molecule has 3 amide bonds. The van der Waals surface area contributed by atoms with Crippen molar-refractivity contribution in [3.63, 3.8) is 0 Å². The molecule has 4 rings (SSSR count). The van der Waals surface area contributed by atoms with Crippen LogP contribution in [0.25, 0.3) is 0 Å². The van der Waals surface area contributed by atoms with E-state index in [0.717, 1.165) is 11.1 Å². The Balaban J connectivity index is 1.27. The van der Waals surface area contributed by atoms with Gasteiger partial charge in [-0.1, -0.05) is 35.9 Å². The number of aryl methyl sites for hydroxylation is 1. The summed E-state index contributed by atoms with van der Waals surface area (Å²) in [5, 5.41) is 2.86. The number of hydrogen-bond donors (Lipinski definition) is 1. The predicted octanol–water partition coefficient (Wildman–Crippen LogP) is 2.28. The van der Waals surface area contributed by atoms with Crippen molar-refractivity contribution in [2.45, 2.75) is 20.0 Å². The molecule has 1 fully saturated rings. The largest absolute Gasteiger partial charge is 0.454 e. The standard InChI is InChI=1S/C21H23N3O4/c1-15-3-2-4-17(9-15)12-23-7-8-24(21(23)26)13-20(25)22-11-16-5-6-18-19(10-16)28-14-27-18/h2-6,9-10H,7-8,11-14H2,1H3,(H,22,25). The van der Waals surface area contributed by atoms with Gasteiger partial charge in [-0.05, 0) is 30.2 Å². The SMILES string of the molecule is Cc1cccc(CN2CCN(CC(=O)NCc3ccc4c(c3)OCO4)C2=O)c1. The van der Waals surface area contributed by atoms with E-state index in [9.17, 15) is 9.59 Å². The first kappa shape index (κ1) is 18.2. The molecule has 0 spiro atoms. The van der Waals surface area contributed by atoms with Crippen LogP contribution in [0.3, 0.4) is 0 Å². The van der Waals surface area contributed by atoms with Crippen molar-refractivity contribution < 1.29 is 19.1 Å². The quantitative estimate of drug-likeness (QED) is 0.833. The first-order valence-corrected chi connectivity index (χ1v) is 9.33. The molecule has 0 bridgehead atoms. The van der Waals surface area contributed by atoms with Crippen LogP contribution in [0.15, 0.2) is 42.5 Å². The first-order chi connectivity index (χ1) is 13.6. The Morgan fingerprint density at radius 2 is 1.86 bits per heavy atom. The molecule has 1 saturated heterocycles. The van der Waals surface area contributed by atoms with Gasteiger partial charge in [-0.15, -0.1) is 0 Å². The number of ether oxygens (including phenoxy) is 2. The molecule has 2 aromatic rings. The lowest BCUT2D eigenvalue weighted by atomic mass is 10.1. The zero-order chi connectivity index (χ0) is 19.5. The van der Waals surface area contributed by atoms with E-state index in [0.29, 0.717) is 37.7 Å². The summed E-state index contributed by atoms with van der Waals surface area (Å²) in [6.07, 6.45) is 0. The summed E-state index contributed by atoms with van der Waals surface area (Å²) in [5.41, 5.74) is 3.19. The highest BCUT2D eigenvalue weighted by Gasteiger charge is 2.29. The van der Waals surface area contributed by atoms with Crippen molar-refractivity contribution in [3.05, 3.63) is 59.2 Å². The lowest BCUT2D eigenvalue weighted by molar-refractivity contribution is -0.121.